The van der Waals surface area contributed by atoms with E-state index in [9.17, 15) is 9.59 Å². The van der Waals surface area contributed by atoms with Crippen molar-refractivity contribution in [3.8, 4) is 5.75 Å². The Morgan fingerprint density at radius 1 is 1.22 bits per heavy atom. The van der Waals surface area contributed by atoms with Crippen LogP contribution < -0.4 is 15.6 Å². The van der Waals surface area contributed by atoms with Crippen LogP contribution in [0.5, 0.6) is 5.75 Å². The number of carbonyl (C=O) groups is 1. The summed E-state index contributed by atoms with van der Waals surface area (Å²) >= 11 is 1.42. The second-order valence-electron chi connectivity index (χ2n) is 5.94. The molecule has 0 unspecified atom stereocenters. The average Bonchev–Trinajstić information content (AvgIpc) is 2.63. The number of thioether (sulfide) groups is 1. The number of amides is 1. The van der Waals surface area contributed by atoms with Gasteiger partial charge in [0.15, 0.2) is 0 Å². The van der Waals surface area contributed by atoms with E-state index in [1.807, 2.05) is 50.2 Å². The molecule has 0 aliphatic carbocycles. The van der Waals surface area contributed by atoms with E-state index in [1.54, 1.807) is 10.5 Å². The van der Waals surface area contributed by atoms with Gasteiger partial charge in [0.1, 0.15) is 11.4 Å². The second-order valence-corrected chi connectivity index (χ2v) is 6.93. The van der Waals surface area contributed by atoms with Crippen LogP contribution in [0.4, 0.5) is 5.69 Å². The van der Waals surface area contributed by atoms with Gasteiger partial charge in [0.25, 0.3) is 5.56 Å². The summed E-state index contributed by atoms with van der Waals surface area (Å²) in [7, 11) is 0. The van der Waals surface area contributed by atoms with Gasteiger partial charge in [-0.05, 0) is 50.2 Å². The monoisotopic (exact) mass is 383 g/mol. The number of hydrogen-bond donors (Lipinski definition) is 1. The highest BCUT2D eigenvalue weighted by molar-refractivity contribution is 7.99. The van der Waals surface area contributed by atoms with E-state index in [1.165, 1.54) is 17.8 Å². The second kappa shape index (κ2) is 8.73. The molecule has 0 aliphatic rings. The molecule has 0 aliphatic heterocycles. The number of fused-ring (bicyclic) bond motifs is 1. The molecule has 140 valence electrons. The number of aryl methyl sites for hydroxylation is 1. The van der Waals surface area contributed by atoms with Crippen LogP contribution in [0.15, 0.2) is 53.3 Å². The van der Waals surface area contributed by atoms with Crippen molar-refractivity contribution in [3.63, 3.8) is 0 Å². The normalized spacial score (nSPS) is 10.7. The fourth-order valence-corrected chi connectivity index (χ4v) is 3.40. The van der Waals surface area contributed by atoms with Crippen LogP contribution in [-0.4, -0.2) is 27.7 Å². The quantitative estimate of drug-likeness (QED) is 0.678. The molecule has 0 saturated carbocycles. The van der Waals surface area contributed by atoms with Gasteiger partial charge in [-0.15, -0.1) is 11.8 Å². The molecular weight excluding hydrogens is 362 g/mol. The molecule has 0 bridgehead atoms. The summed E-state index contributed by atoms with van der Waals surface area (Å²) in [5.74, 6) is 1.45. The first-order valence-corrected chi connectivity index (χ1v) is 9.81. The number of anilines is 1. The Kier molecular flexibility index (Phi) is 6.13. The molecule has 1 amide bonds. The van der Waals surface area contributed by atoms with Gasteiger partial charge in [-0.2, -0.15) is 0 Å². The third kappa shape index (κ3) is 4.89. The predicted octanol–water partition coefficient (Wildman–Crippen LogP) is 3.27. The van der Waals surface area contributed by atoms with E-state index >= 15 is 0 Å². The molecule has 0 fully saturated rings. The maximum absolute atomic E-state index is 12.3. The van der Waals surface area contributed by atoms with Crippen LogP contribution in [0, 0.1) is 6.92 Å². The standard InChI is InChI=1S/C20H21N3O3S/c1-3-26-17-9-7-15(8-10-17)22-19(24)13-27-12-16-11-20(25)23-14(2)5-4-6-18(23)21-16/h4-11H,3,12-13H2,1-2H3,(H,22,24). The van der Waals surface area contributed by atoms with E-state index < -0.39 is 0 Å². The molecule has 7 heteroatoms. The van der Waals surface area contributed by atoms with Crippen molar-refractivity contribution >= 4 is 29.0 Å². The largest absolute Gasteiger partial charge is 0.494 e. The Morgan fingerprint density at radius 3 is 2.74 bits per heavy atom. The summed E-state index contributed by atoms with van der Waals surface area (Å²) in [5.41, 5.74) is 2.76. The average molecular weight is 383 g/mol. The summed E-state index contributed by atoms with van der Waals surface area (Å²) in [6.45, 7) is 4.40. The topological polar surface area (TPSA) is 72.7 Å². The maximum atomic E-state index is 12.3. The number of rotatable bonds is 7. The first-order chi connectivity index (χ1) is 13.1. The van der Waals surface area contributed by atoms with Gasteiger partial charge in [-0.25, -0.2) is 4.98 Å². The third-order valence-electron chi connectivity index (χ3n) is 3.87. The number of nitrogens with zero attached hydrogens (tertiary/aromatic N) is 2. The fourth-order valence-electron chi connectivity index (χ4n) is 2.68. The lowest BCUT2D eigenvalue weighted by Crippen LogP contribution is -2.18. The smallest absolute Gasteiger partial charge is 0.258 e. The van der Waals surface area contributed by atoms with Crippen LogP contribution in [0.3, 0.4) is 0 Å². The van der Waals surface area contributed by atoms with Crippen LogP contribution in [0.25, 0.3) is 5.65 Å². The van der Waals surface area contributed by atoms with E-state index in [0.717, 1.165) is 17.1 Å². The van der Waals surface area contributed by atoms with Gasteiger partial charge in [0.2, 0.25) is 5.91 Å². The molecular formula is C20H21N3O3S. The summed E-state index contributed by atoms with van der Waals surface area (Å²) in [6.07, 6.45) is 0. The van der Waals surface area contributed by atoms with Crippen molar-refractivity contribution in [1.29, 1.82) is 0 Å². The lowest BCUT2D eigenvalue weighted by atomic mass is 10.3. The van der Waals surface area contributed by atoms with E-state index in [2.05, 4.69) is 10.3 Å². The van der Waals surface area contributed by atoms with Gasteiger partial charge in [-0.1, -0.05) is 6.07 Å². The van der Waals surface area contributed by atoms with Crippen LogP contribution in [0.2, 0.25) is 0 Å². The molecule has 6 nitrogen and oxygen atoms in total. The molecule has 1 N–H and O–H groups in total. The van der Waals surface area contributed by atoms with Crippen molar-refractivity contribution in [3.05, 3.63) is 70.3 Å². The van der Waals surface area contributed by atoms with Crippen molar-refractivity contribution in [2.75, 3.05) is 17.7 Å². The Bertz CT molecular complexity index is 1000. The highest BCUT2D eigenvalue weighted by atomic mass is 32.2. The van der Waals surface area contributed by atoms with Crippen LogP contribution >= 0.6 is 11.8 Å². The molecule has 1 aromatic carbocycles. The molecule has 0 radical (unpaired) electrons. The lowest BCUT2D eigenvalue weighted by molar-refractivity contribution is -0.113. The molecule has 0 atom stereocenters. The number of carbonyl (C=O) groups excluding carboxylic acids is 1. The van der Waals surface area contributed by atoms with Gasteiger partial charge >= 0.3 is 0 Å². The molecule has 2 aromatic heterocycles. The lowest BCUT2D eigenvalue weighted by Gasteiger charge is -2.08. The molecule has 27 heavy (non-hydrogen) atoms. The minimum Gasteiger partial charge on any atom is -0.494 e. The number of pyridine rings is 1. The highest BCUT2D eigenvalue weighted by Gasteiger charge is 2.07. The van der Waals surface area contributed by atoms with E-state index in [-0.39, 0.29) is 17.2 Å². The fraction of sp³-hybridized carbons (Fsp3) is 0.250. The number of aromatic nitrogens is 2. The Balaban J connectivity index is 1.55. The molecule has 3 rings (SSSR count). The first kappa shape index (κ1) is 19.0. The van der Waals surface area contributed by atoms with Gasteiger partial charge < -0.3 is 10.1 Å². The summed E-state index contributed by atoms with van der Waals surface area (Å²) in [5, 5.41) is 2.84. The minimum atomic E-state index is -0.104. The van der Waals surface area contributed by atoms with E-state index in [4.69, 9.17) is 4.74 Å². The number of nitrogens with one attached hydrogen (secondary N) is 1. The Hall–Kier alpha value is -2.80. The van der Waals surface area contributed by atoms with Crippen molar-refractivity contribution in [1.82, 2.24) is 9.38 Å². The molecule has 0 saturated heterocycles. The van der Waals surface area contributed by atoms with Gasteiger partial charge in [-0.3, -0.25) is 14.0 Å². The van der Waals surface area contributed by atoms with Crippen LogP contribution in [-0.2, 0) is 10.5 Å². The van der Waals surface area contributed by atoms with Crippen molar-refractivity contribution < 1.29 is 9.53 Å². The van der Waals surface area contributed by atoms with Gasteiger partial charge in [0.05, 0.1) is 18.1 Å². The zero-order chi connectivity index (χ0) is 19.2. The van der Waals surface area contributed by atoms with Crippen molar-refractivity contribution in [2.45, 2.75) is 19.6 Å². The molecule has 2 heterocycles. The maximum Gasteiger partial charge on any atom is 0.258 e. The highest BCUT2D eigenvalue weighted by Crippen LogP contribution is 2.16. The van der Waals surface area contributed by atoms with E-state index in [0.29, 0.717) is 23.7 Å². The predicted molar refractivity (Wildman–Crippen MR) is 109 cm³/mol. The number of ether oxygens (including phenoxy) is 1. The zero-order valence-electron chi connectivity index (χ0n) is 15.3. The Morgan fingerprint density at radius 2 is 2.00 bits per heavy atom. The first-order valence-electron chi connectivity index (χ1n) is 8.65. The number of hydrogen-bond acceptors (Lipinski definition) is 5. The summed E-state index contributed by atoms with van der Waals surface area (Å²) in [4.78, 5) is 28.8. The number of benzene rings is 1. The zero-order valence-corrected chi connectivity index (χ0v) is 16.1. The SMILES string of the molecule is CCOc1ccc(NC(=O)CSCc2cc(=O)n3c(C)cccc3n2)cc1. The summed E-state index contributed by atoms with van der Waals surface area (Å²) in [6, 6.07) is 14.3. The van der Waals surface area contributed by atoms with Crippen molar-refractivity contribution in [2.24, 2.45) is 0 Å². The molecule has 0 spiro atoms. The minimum absolute atomic E-state index is 0.0995. The summed E-state index contributed by atoms with van der Waals surface area (Å²) < 4.78 is 6.95. The Labute approximate surface area is 161 Å². The third-order valence-corrected chi connectivity index (χ3v) is 4.83. The van der Waals surface area contributed by atoms with Crippen LogP contribution in [0.1, 0.15) is 18.3 Å². The van der Waals surface area contributed by atoms with Gasteiger partial charge in [0, 0.05) is 23.2 Å². The molecule has 3 aromatic rings.